The molecule has 148 valence electrons. The standard InChI is InChI=1S/C22H22N4O3/c1-4-15-8-5-7-14(2)20(15)26-21(27)18-12-24-19(13-23-18)25-17-10-6-9-16(11-17)22(28)29-3/h5-13H,4H2,1-3H3,(H,24,25)(H,26,27). The van der Waals surface area contributed by atoms with Gasteiger partial charge in [0, 0.05) is 11.4 Å². The Morgan fingerprint density at radius 1 is 1.07 bits per heavy atom. The molecule has 0 fully saturated rings. The van der Waals surface area contributed by atoms with Gasteiger partial charge in [-0.2, -0.15) is 0 Å². The summed E-state index contributed by atoms with van der Waals surface area (Å²) >= 11 is 0. The molecule has 2 aromatic carbocycles. The average molecular weight is 390 g/mol. The van der Waals surface area contributed by atoms with Crippen molar-refractivity contribution in [3.8, 4) is 0 Å². The first-order chi connectivity index (χ1) is 14.0. The third-order valence-corrected chi connectivity index (χ3v) is 4.42. The van der Waals surface area contributed by atoms with Crippen LogP contribution in [0.2, 0.25) is 0 Å². The summed E-state index contributed by atoms with van der Waals surface area (Å²) in [5.41, 5.74) is 4.16. The average Bonchev–Trinajstić information content (AvgIpc) is 2.75. The first-order valence-electron chi connectivity index (χ1n) is 9.19. The third-order valence-electron chi connectivity index (χ3n) is 4.42. The Bertz CT molecular complexity index is 1030. The van der Waals surface area contributed by atoms with Crippen LogP contribution in [0.15, 0.2) is 54.9 Å². The fraction of sp³-hybridized carbons (Fsp3) is 0.182. The van der Waals surface area contributed by atoms with Gasteiger partial charge in [-0.05, 0) is 42.7 Å². The first kappa shape index (κ1) is 20.0. The highest BCUT2D eigenvalue weighted by Crippen LogP contribution is 2.22. The molecule has 7 heteroatoms. The highest BCUT2D eigenvalue weighted by atomic mass is 16.5. The van der Waals surface area contributed by atoms with Gasteiger partial charge >= 0.3 is 5.97 Å². The van der Waals surface area contributed by atoms with Crippen molar-refractivity contribution in [3.63, 3.8) is 0 Å². The van der Waals surface area contributed by atoms with E-state index in [9.17, 15) is 9.59 Å². The van der Waals surface area contributed by atoms with Gasteiger partial charge in [0.2, 0.25) is 0 Å². The van der Waals surface area contributed by atoms with E-state index in [2.05, 4.69) is 20.6 Å². The molecule has 1 amide bonds. The number of anilines is 3. The molecule has 0 aliphatic heterocycles. The molecule has 29 heavy (non-hydrogen) atoms. The minimum atomic E-state index is -0.422. The molecule has 3 rings (SSSR count). The smallest absolute Gasteiger partial charge is 0.337 e. The maximum absolute atomic E-state index is 12.6. The van der Waals surface area contributed by atoms with Crippen molar-refractivity contribution in [1.82, 2.24) is 9.97 Å². The fourth-order valence-corrected chi connectivity index (χ4v) is 2.88. The van der Waals surface area contributed by atoms with Crippen LogP contribution in [0.25, 0.3) is 0 Å². The predicted molar refractivity (Wildman–Crippen MR) is 112 cm³/mol. The molecule has 0 spiro atoms. The van der Waals surface area contributed by atoms with Gasteiger partial charge in [0.25, 0.3) is 5.91 Å². The molecule has 3 aromatic rings. The number of para-hydroxylation sites is 1. The molecule has 0 bridgehead atoms. The number of carbonyl (C=O) groups excluding carboxylic acids is 2. The van der Waals surface area contributed by atoms with Crippen LogP contribution in [0.5, 0.6) is 0 Å². The lowest BCUT2D eigenvalue weighted by Crippen LogP contribution is -2.16. The Balaban J connectivity index is 1.72. The number of ether oxygens (including phenoxy) is 1. The van der Waals surface area contributed by atoms with E-state index in [1.54, 1.807) is 24.3 Å². The summed E-state index contributed by atoms with van der Waals surface area (Å²) in [4.78, 5) is 32.7. The summed E-state index contributed by atoms with van der Waals surface area (Å²) < 4.78 is 4.72. The summed E-state index contributed by atoms with van der Waals surface area (Å²) in [7, 11) is 1.33. The van der Waals surface area contributed by atoms with E-state index in [4.69, 9.17) is 4.74 Å². The number of hydrogen-bond donors (Lipinski definition) is 2. The molecular formula is C22H22N4O3. The maximum atomic E-state index is 12.6. The first-order valence-corrected chi connectivity index (χ1v) is 9.19. The Labute approximate surface area is 169 Å². The van der Waals surface area contributed by atoms with E-state index in [-0.39, 0.29) is 11.6 Å². The Morgan fingerprint density at radius 3 is 2.55 bits per heavy atom. The van der Waals surface area contributed by atoms with Crippen LogP contribution < -0.4 is 10.6 Å². The Morgan fingerprint density at radius 2 is 1.86 bits per heavy atom. The summed E-state index contributed by atoms with van der Waals surface area (Å²) in [5, 5.41) is 5.98. The van der Waals surface area contributed by atoms with Gasteiger partial charge < -0.3 is 15.4 Å². The topological polar surface area (TPSA) is 93.2 Å². The van der Waals surface area contributed by atoms with E-state index >= 15 is 0 Å². The van der Waals surface area contributed by atoms with Crippen molar-refractivity contribution in [2.45, 2.75) is 20.3 Å². The molecule has 0 saturated heterocycles. The van der Waals surface area contributed by atoms with Gasteiger partial charge in [-0.3, -0.25) is 4.79 Å². The number of nitrogens with one attached hydrogen (secondary N) is 2. The minimum absolute atomic E-state index is 0.212. The van der Waals surface area contributed by atoms with Gasteiger partial charge in [-0.15, -0.1) is 0 Å². The highest BCUT2D eigenvalue weighted by Gasteiger charge is 2.13. The van der Waals surface area contributed by atoms with Gasteiger partial charge in [0.15, 0.2) is 0 Å². The number of methoxy groups -OCH3 is 1. The van der Waals surface area contributed by atoms with Crippen LogP contribution in [-0.2, 0) is 11.2 Å². The summed E-state index contributed by atoms with van der Waals surface area (Å²) in [6.07, 6.45) is 3.69. The number of nitrogens with zero attached hydrogens (tertiary/aromatic N) is 2. The van der Waals surface area contributed by atoms with E-state index in [1.807, 2.05) is 32.0 Å². The predicted octanol–water partition coefficient (Wildman–Crippen LogP) is 4.13. The van der Waals surface area contributed by atoms with Crippen LogP contribution >= 0.6 is 0 Å². The number of aryl methyl sites for hydroxylation is 2. The second kappa shape index (κ2) is 8.97. The maximum Gasteiger partial charge on any atom is 0.337 e. The molecule has 0 aliphatic carbocycles. The molecule has 7 nitrogen and oxygen atoms in total. The molecule has 0 aliphatic rings. The van der Waals surface area contributed by atoms with Gasteiger partial charge in [0.05, 0.1) is 25.1 Å². The van der Waals surface area contributed by atoms with Crippen LogP contribution in [-0.4, -0.2) is 29.0 Å². The largest absolute Gasteiger partial charge is 0.465 e. The lowest BCUT2D eigenvalue weighted by atomic mass is 10.1. The zero-order chi connectivity index (χ0) is 20.8. The van der Waals surface area contributed by atoms with E-state index in [0.717, 1.165) is 23.2 Å². The number of rotatable bonds is 6. The summed E-state index contributed by atoms with van der Waals surface area (Å²) in [6.45, 7) is 4.00. The molecule has 0 radical (unpaired) electrons. The van der Waals surface area contributed by atoms with Crippen molar-refractivity contribution < 1.29 is 14.3 Å². The molecule has 0 atom stereocenters. The second-order valence-corrected chi connectivity index (χ2v) is 6.40. The zero-order valence-corrected chi connectivity index (χ0v) is 16.5. The van der Waals surface area contributed by atoms with Gasteiger partial charge in [-0.25, -0.2) is 14.8 Å². The van der Waals surface area contributed by atoms with Crippen LogP contribution in [0.3, 0.4) is 0 Å². The number of hydrogen-bond acceptors (Lipinski definition) is 6. The summed E-state index contributed by atoms with van der Waals surface area (Å²) in [6, 6.07) is 12.8. The minimum Gasteiger partial charge on any atom is -0.465 e. The molecule has 1 aromatic heterocycles. The number of carbonyl (C=O) groups is 2. The van der Waals surface area contributed by atoms with E-state index in [1.165, 1.54) is 19.5 Å². The lowest BCUT2D eigenvalue weighted by molar-refractivity contribution is 0.0600. The Kier molecular flexibility index (Phi) is 6.19. The van der Waals surface area contributed by atoms with E-state index < -0.39 is 5.97 Å². The van der Waals surface area contributed by atoms with Crippen LogP contribution in [0.4, 0.5) is 17.2 Å². The van der Waals surface area contributed by atoms with E-state index in [0.29, 0.717) is 17.1 Å². The van der Waals surface area contributed by atoms with Gasteiger partial charge in [0.1, 0.15) is 11.5 Å². The van der Waals surface area contributed by atoms with Crippen molar-refractivity contribution >= 4 is 29.1 Å². The number of esters is 1. The molecule has 1 heterocycles. The zero-order valence-electron chi connectivity index (χ0n) is 16.5. The van der Waals surface area contributed by atoms with Crippen LogP contribution in [0.1, 0.15) is 38.9 Å². The van der Waals surface area contributed by atoms with Crippen molar-refractivity contribution in [2.75, 3.05) is 17.7 Å². The lowest BCUT2D eigenvalue weighted by Gasteiger charge is -2.12. The normalized spacial score (nSPS) is 10.3. The molecular weight excluding hydrogens is 368 g/mol. The van der Waals surface area contributed by atoms with Crippen molar-refractivity contribution in [3.05, 3.63) is 77.2 Å². The van der Waals surface area contributed by atoms with Crippen molar-refractivity contribution in [1.29, 1.82) is 0 Å². The highest BCUT2D eigenvalue weighted by molar-refractivity contribution is 6.03. The third kappa shape index (κ3) is 4.76. The fourth-order valence-electron chi connectivity index (χ4n) is 2.88. The number of aromatic nitrogens is 2. The summed E-state index contributed by atoms with van der Waals surface area (Å²) in [5.74, 6) is -0.288. The van der Waals surface area contributed by atoms with Crippen LogP contribution in [0, 0.1) is 6.92 Å². The Hall–Kier alpha value is -3.74. The monoisotopic (exact) mass is 390 g/mol. The number of amides is 1. The van der Waals surface area contributed by atoms with Crippen molar-refractivity contribution in [2.24, 2.45) is 0 Å². The molecule has 2 N–H and O–H groups in total. The van der Waals surface area contributed by atoms with Gasteiger partial charge in [-0.1, -0.05) is 31.2 Å². The second-order valence-electron chi connectivity index (χ2n) is 6.40. The molecule has 0 saturated carbocycles. The SMILES string of the molecule is CCc1cccc(C)c1NC(=O)c1cnc(Nc2cccc(C(=O)OC)c2)cn1. The quantitative estimate of drug-likeness (QED) is 0.615. The number of benzene rings is 2. The molecule has 0 unspecified atom stereocenters.